The van der Waals surface area contributed by atoms with Crippen LogP contribution in [0.4, 0.5) is 25.1 Å². The Morgan fingerprint density at radius 2 is 1.62 bits per heavy atom. The lowest BCUT2D eigenvalue weighted by molar-refractivity contribution is -0.140. The molecule has 0 spiro atoms. The summed E-state index contributed by atoms with van der Waals surface area (Å²) in [6.45, 7) is 6.66. The Bertz CT molecular complexity index is 1400. The Balaban J connectivity index is 1.95. The van der Waals surface area contributed by atoms with Crippen LogP contribution in [0.3, 0.4) is 0 Å². The number of hydrogen-bond acceptors (Lipinski definition) is 9. The molecule has 1 aliphatic rings. The monoisotopic (exact) mass is 537 g/mol. The number of nitrogen functional groups attached to an aromatic ring is 1. The Morgan fingerprint density at radius 1 is 1.00 bits per heavy atom. The number of morpholine rings is 1. The average molecular weight is 538 g/mol. The van der Waals surface area contributed by atoms with E-state index in [1.54, 1.807) is 37.8 Å². The molecule has 0 amide bonds. The third kappa shape index (κ3) is 6.14. The van der Waals surface area contributed by atoms with E-state index in [0.29, 0.717) is 26.3 Å². The van der Waals surface area contributed by atoms with Crippen LogP contribution < -0.4 is 15.4 Å². The molecule has 1 fully saturated rings. The van der Waals surface area contributed by atoms with E-state index in [4.69, 9.17) is 10.5 Å². The van der Waals surface area contributed by atoms with Gasteiger partial charge in [0.2, 0.25) is 21.9 Å². The minimum Gasteiger partial charge on any atom is -0.378 e. The number of benzene rings is 1. The van der Waals surface area contributed by atoms with E-state index in [-0.39, 0.29) is 27.8 Å². The van der Waals surface area contributed by atoms with Gasteiger partial charge in [-0.05, 0) is 32.9 Å². The second kappa shape index (κ2) is 9.84. The van der Waals surface area contributed by atoms with Crippen LogP contribution in [0.2, 0.25) is 0 Å². The second-order valence-electron chi connectivity index (χ2n) is 9.38. The molecule has 1 saturated heterocycles. The van der Waals surface area contributed by atoms with Crippen molar-refractivity contribution in [3.05, 3.63) is 42.2 Å². The molecule has 37 heavy (non-hydrogen) atoms. The summed E-state index contributed by atoms with van der Waals surface area (Å²) in [4.78, 5) is 17.8. The van der Waals surface area contributed by atoms with Gasteiger partial charge in [0.05, 0.1) is 29.5 Å². The molecule has 0 unspecified atom stereocenters. The maximum absolute atomic E-state index is 13.9. The lowest BCUT2D eigenvalue weighted by Crippen LogP contribution is -2.40. The van der Waals surface area contributed by atoms with E-state index in [1.165, 1.54) is 18.2 Å². The largest absolute Gasteiger partial charge is 0.434 e. The Kier molecular flexibility index (Phi) is 7.10. The van der Waals surface area contributed by atoms with Crippen LogP contribution in [0.25, 0.3) is 22.5 Å². The van der Waals surface area contributed by atoms with Crippen LogP contribution in [0.15, 0.2) is 41.4 Å². The molecule has 3 aromatic rings. The minimum absolute atomic E-state index is 0.0768. The van der Waals surface area contributed by atoms with Crippen molar-refractivity contribution in [3.8, 4) is 22.5 Å². The van der Waals surface area contributed by atoms with Gasteiger partial charge in [0.15, 0.2) is 5.69 Å². The zero-order chi connectivity index (χ0) is 27.0. The van der Waals surface area contributed by atoms with Crippen LogP contribution in [-0.2, 0) is 20.9 Å². The first-order valence-electron chi connectivity index (χ1n) is 11.3. The number of aromatic nitrogens is 4. The summed E-state index contributed by atoms with van der Waals surface area (Å²) >= 11 is 0. The fourth-order valence-corrected chi connectivity index (χ4v) is 5.42. The SMILES string of the molecule is CC(C)(C)NS(=O)(=O)c1ccccc1-c1cc(-c2cnc(N)nc2C(F)(F)F)nc(N2CCOCC2)n1. The lowest BCUT2D eigenvalue weighted by atomic mass is 10.1. The van der Waals surface area contributed by atoms with Crippen molar-refractivity contribution in [2.45, 2.75) is 37.4 Å². The van der Waals surface area contributed by atoms with Crippen LogP contribution in [0, 0.1) is 0 Å². The molecular weight excluding hydrogens is 511 g/mol. The predicted molar refractivity (Wildman–Crippen MR) is 131 cm³/mol. The first kappa shape index (κ1) is 26.7. The molecule has 14 heteroatoms. The number of ether oxygens (including phenoxy) is 1. The molecule has 3 heterocycles. The Hall–Kier alpha value is -3.36. The molecule has 198 valence electrons. The van der Waals surface area contributed by atoms with Crippen molar-refractivity contribution in [2.24, 2.45) is 0 Å². The van der Waals surface area contributed by atoms with Gasteiger partial charge in [-0.15, -0.1) is 0 Å². The molecular formula is C23H26F3N7O3S. The molecule has 1 aromatic carbocycles. The van der Waals surface area contributed by atoms with Crippen LogP contribution >= 0.6 is 0 Å². The first-order valence-corrected chi connectivity index (χ1v) is 12.8. The highest BCUT2D eigenvalue weighted by Gasteiger charge is 2.37. The molecule has 1 aliphatic heterocycles. The third-order valence-corrected chi connectivity index (χ3v) is 7.07. The molecule has 3 N–H and O–H groups in total. The quantitative estimate of drug-likeness (QED) is 0.503. The van der Waals surface area contributed by atoms with Crippen molar-refractivity contribution < 1.29 is 26.3 Å². The van der Waals surface area contributed by atoms with Gasteiger partial charge >= 0.3 is 6.18 Å². The molecule has 10 nitrogen and oxygen atoms in total. The molecule has 0 saturated carbocycles. The first-order chi connectivity index (χ1) is 17.2. The van der Waals surface area contributed by atoms with Crippen LogP contribution in [0.5, 0.6) is 0 Å². The molecule has 0 atom stereocenters. The van der Waals surface area contributed by atoms with E-state index < -0.39 is 38.9 Å². The number of anilines is 2. The van der Waals surface area contributed by atoms with Crippen molar-refractivity contribution in [3.63, 3.8) is 0 Å². The number of halogens is 3. The van der Waals surface area contributed by atoms with E-state index in [9.17, 15) is 21.6 Å². The molecule has 0 radical (unpaired) electrons. The number of nitrogens with zero attached hydrogens (tertiary/aromatic N) is 5. The van der Waals surface area contributed by atoms with Gasteiger partial charge in [0, 0.05) is 36.0 Å². The van der Waals surface area contributed by atoms with Gasteiger partial charge in [-0.25, -0.2) is 33.1 Å². The van der Waals surface area contributed by atoms with Crippen molar-refractivity contribution in [2.75, 3.05) is 36.9 Å². The maximum atomic E-state index is 13.9. The number of sulfonamides is 1. The van der Waals surface area contributed by atoms with E-state index >= 15 is 0 Å². The van der Waals surface area contributed by atoms with Gasteiger partial charge < -0.3 is 15.4 Å². The number of hydrogen-bond donors (Lipinski definition) is 2. The number of nitrogens with two attached hydrogens (primary N) is 1. The average Bonchev–Trinajstić information content (AvgIpc) is 2.82. The summed E-state index contributed by atoms with van der Waals surface area (Å²) < 4.78 is 76.1. The van der Waals surface area contributed by atoms with Crippen molar-refractivity contribution in [1.82, 2.24) is 24.7 Å². The van der Waals surface area contributed by atoms with Crippen molar-refractivity contribution in [1.29, 1.82) is 0 Å². The second-order valence-corrected chi connectivity index (χ2v) is 11.0. The molecule has 0 bridgehead atoms. The summed E-state index contributed by atoms with van der Waals surface area (Å²) in [5.74, 6) is -0.416. The van der Waals surface area contributed by atoms with Gasteiger partial charge in [0.1, 0.15) is 0 Å². The van der Waals surface area contributed by atoms with Crippen LogP contribution in [0.1, 0.15) is 26.5 Å². The van der Waals surface area contributed by atoms with Crippen molar-refractivity contribution >= 4 is 21.9 Å². The minimum atomic E-state index is -4.84. The fourth-order valence-electron chi connectivity index (χ4n) is 3.78. The Labute approximate surface area is 212 Å². The fraction of sp³-hybridized carbons (Fsp3) is 0.391. The van der Waals surface area contributed by atoms with Gasteiger partial charge in [-0.2, -0.15) is 13.2 Å². The van der Waals surface area contributed by atoms with E-state index in [1.807, 2.05) is 0 Å². The van der Waals surface area contributed by atoms with Crippen LogP contribution in [-0.4, -0.2) is 60.2 Å². The summed E-state index contributed by atoms with van der Waals surface area (Å²) in [6, 6.07) is 7.42. The maximum Gasteiger partial charge on any atom is 0.434 e. The highest BCUT2D eigenvalue weighted by atomic mass is 32.2. The number of rotatable bonds is 5. The van der Waals surface area contributed by atoms with Gasteiger partial charge in [-0.1, -0.05) is 18.2 Å². The summed E-state index contributed by atoms with van der Waals surface area (Å²) in [6.07, 6.45) is -3.89. The van der Waals surface area contributed by atoms with Gasteiger partial charge in [0.25, 0.3) is 0 Å². The predicted octanol–water partition coefficient (Wildman–Crippen LogP) is 3.12. The molecule has 0 aliphatic carbocycles. The normalized spacial score (nSPS) is 15.1. The number of alkyl halides is 3. The highest BCUT2D eigenvalue weighted by Crippen LogP contribution is 2.37. The zero-order valence-electron chi connectivity index (χ0n) is 20.4. The topological polar surface area (TPSA) is 136 Å². The van der Waals surface area contributed by atoms with E-state index in [0.717, 1.165) is 6.20 Å². The summed E-state index contributed by atoms with van der Waals surface area (Å²) in [5, 5.41) is 0. The standard InChI is InChI=1S/C23H26F3N7O3S/c1-22(2,3)32-37(34,35)18-7-5-4-6-14(18)16-12-17(30-21(29-16)33-8-10-36-11-9-33)15-13-28-20(27)31-19(15)23(24,25)26/h4-7,12-13,32H,8-11H2,1-3H3,(H2,27,28,31). The molecule has 2 aromatic heterocycles. The van der Waals surface area contributed by atoms with Gasteiger partial charge in [-0.3, -0.25) is 0 Å². The van der Waals surface area contributed by atoms with E-state index in [2.05, 4.69) is 24.7 Å². The summed E-state index contributed by atoms with van der Waals surface area (Å²) in [7, 11) is -4.01. The summed E-state index contributed by atoms with van der Waals surface area (Å²) in [5.41, 5.74) is 3.18. The smallest absolute Gasteiger partial charge is 0.378 e. The number of nitrogens with one attached hydrogen (secondary N) is 1. The lowest BCUT2D eigenvalue weighted by Gasteiger charge is -2.27. The zero-order valence-corrected chi connectivity index (χ0v) is 21.2. The highest BCUT2D eigenvalue weighted by molar-refractivity contribution is 7.89. The Morgan fingerprint density at radius 3 is 2.24 bits per heavy atom. The molecule has 4 rings (SSSR count). The third-order valence-electron chi connectivity index (χ3n) is 5.25.